The van der Waals surface area contributed by atoms with Crippen molar-refractivity contribution in [3.05, 3.63) is 68.1 Å². The van der Waals surface area contributed by atoms with Gasteiger partial charge in [0.05, 0.1) is 5.03 Å². The van der Waals surface area contributed by atoms with Crippen LogP contribution in [0.1, 0.15) is 18.4 Å². The molecule has 0 amide bonds. The summed E-state index contributed by atoms with van der Waals surface area (Å²) >= 11 is 17.7. The minimum absolute atomic E-state index is 0.114. The second kappa shape index (κ2) is 8.44. The van der Waals surface area contributed by atoms with Gasteiger partial charge in [-0.3, -0.25) is 0 Å². The molecule has 3 rings (SSSR count). The molecule has 0 spiro atoms. The number of allylic oxidation sites excluding steroid dienone is 2. The van der Waals surface area contributed by atoms with Gasteiger partial charge in [0.1, 0.15) is 10.7 Å². The number of nitrogens with one attached hydrogen (secondary N) is 2. The van der Waals surface area contributed by atoms with Crippen LogP contribution in [0.5, 0.6) is 0 Å². The number of hydrogen-bond donors (Lipinski definition) is 4. The van der Waals surface area contributed by atoms with E-state index in [4.69, 9.17) is 35.4 Å². The van der Waals surface area contributed by atoms with Crippen LogP contribution in [0.2, 0.25) is 5.02 Å². The summed E-state index contributed by atoms with van der Waals surface area (Å²) in [5.74, 6) is -0.342. The molecule has 138 valence electrons. The first-order chi connectivity index (χ1) is 12.5. The van der Waals surface area contributed by atoms with Gasteiger partial charge in [0, 0.05) is 30.1 Å². The third-order valence-corrected chi connectivity index (χ3v) is 5.61. The molecule has 0 bridgehead atoms. The summed E-state index contributed by atoms with van der Waals surface area (Å²) in [5.41, 5.74) is 3.84. The van der Waals surface area contributed by atoms with Crippen molar-refractivity contribution in [1.82, 2.24) is 10.6 Å². The van der Waals surface area contributed by atoms with Crippen LogP contribution in [-0.2, 0) is 6.42 Å². The van der Waals surface area contributed by atoms with Gasteiger partial charge >= 0.3 is 0 Å². The van der Waals surface area contributed by atoms with Crippen LogP contribution >= 0.6 is 35.4 Å². The van der Waals surface area contributed by atoms with Crippen molar-refractivity contribution in [2.45, 2.75) is 19.3 Å². The second-order valence-corrected chi connectivity index (χ2v) is 7.50. The van der Waals surface area contributed by atoms with E-state index >= 15 is 0 Å². The first kappa shape index (κ1) is 19.2. The van der Waals surface area contributed by atoms with Crippen LogP contribution in [0.4, 0.5) is 0 Å². The van der Waals surface area contributed by atoms with Crippen molar-refractivity contribution in [2.75, 3.05) is 19.6 Å². The normalized spacial score (nSPS) is 17.9. The molecule has 0 atom stereocenters. The van der Waals surface area contributed by atoms with Gasteiger partial charge < -0.3 is 20.8 Å². The van der Waals surface area contributed by atoms with E-state index in [9.17, 15) is 10.2 Å². The lowest BCUT2D eigenvalue weighted by Gasteiger charge is -2.22. The van der Waals surface area contributed by atoms with Crippen LogP contribution < -0.4 is 10.6 Å². The van der Waals surface area contributed by atoms with E-state index in [2.05, 4.69) is 10.6 Å². The van der Waals surface area contributed by atoms with Gasteiger partial charge in [-0.25, -0.2) is 0 Å². The van der Waals surface area contributed by atoms with Crippen molar-refractivity contribution >= 4 is 40.4 Å². The Morgan fingerprint density at radius 2 is 1.88 bits per heavy atom. The smallest absolute Gasteiger partial charge is 0.172 e. The lowest BCUT2D eigenvalue weighted by molar-refractivity contribution is 0.323. The molecule has 0 saturated heterocycles. The van der Waals surface area contributed by atoms with Gasteiger partial charge in [0.15, 0.2) is 5.76 Å². The highest BCUT2D eigenvalue weighted by atomic mass is 35.5. The zero-order valence-electron chi connectivity index (χ0n) is 14.1. The Balaban J connectivity index is 1.74. The molecule has 1 aliphatic heterocycles. The topological polar surface area (TPSA) is 64.5 Å². The summed E-state index contributed by atoms with van der Waals surface area (Å²) < 4.78 is 0. The van der Waals surface area contributed by atoms with Gasteiger partial charge in [0.2, 0.25) is 0 Å². The van der Waals surface area contributed by atoms with Gasteiger partial charge in [-0.2, -0.15) is 0 Å². The first-order valence-electron chi connectivity index (χ1n) is 8.43. The van der Waals surface area contributed by atoms with Gasteiger partial charge in [-0.1, -0.05) is 47.6 Å². The van der Waals surface area contributed by atoms with Gasteiger partial charge in [-0.15, -0.1) is 0 Å². The van der Waals surface area contributed by atoms with E-state index in [1.54, 1.807) is 0 Å². The molecule has 0 saturated carbocycles. The van der Waals surface area contributed by atoms with Gasteiger partial charge in [0.25, 0.3) is 0 Å². The fourth-order valence-corrected chi connectivity index (χ4v) is 3.88. The molecular formula is C19H20Cl2N2O2S. The summed E-state index contributed by atoms with van der Waals surface area (Å²) in [6, 6.07) is 7.74. The largest absolute Gasteiger partial charge is 0.508 e. The molecule has 1 aromatic carbocycles. The van der Waals surface area contributed by atoms with Crippen molar-refractivity contribution < 1.29 is 10.2 Å². The molecule has 0 fully saturated rings. The van der Waals surface area contributed by atoms with Crippen molar-refractivity contribution in [2.24, 2.45) is 0 Å². The summed E-state index contributed by atoms with van der Waals surface area (Å²) in [4.78, 5) is 0.638. The second-order valence-electron chi connectivity index (χ2n) is 6.28. The highest BCUT2D eigenvalue weighted by Crippen LogP contribution is 2.38. The van der Waals surface area contributed by atoms with E-state index in [0.29, 0.717) is 24.5 Å². The molecule has 0 aromatic heterocycles. The Hall–Kier alpha value is -1.53. The maximum Gasteiger partial charge on any atom is 0.172 e. The maximum absolute atomic E-state index is 10.0. The Bertz CT molecular complexity index is 813. The predicted octanol–water partition coefficient (Wildman–Crippen LogP) is 4.31. The zero-order chi connectivity index (χ0) is 18.7. The van der Waals surface area contributed by atoms with Crippen LogP contribution in [0.25, 0.3) is 0 Å². The molecule has 1 aliphatic carbocycles. The lowest BCUT2D eigenvalue weighted by atomic mass is 9.90. The maximum atomic E-state index is 10.0. The van der Waals surface area contributed by atoms with Crippen LogP contribution in [0, 0.1) is 0 Å². The Morgan fingerprint density at radius 3 is 2.62 bits per heavy atom. The summed E-state index contributed by atoms with van der Waals surface area (Å²) in [6.07, 6.45) is 1.75. The Kier molecular flexibility index (Phi) is 6.24. The van der Waals surface area contributed by atoms with E-state index in [0.717, 1.165) is 34.7 Å². The fraction of sp³-hybridized carbons (Fsp3) is 0.316. The summed E-state index contributed by atoms with van der Waals surface area (Å²) in [5, 5.41) is 27.5. The number of hydrogen-bond acceptors (Lipinski definition) is 4. The molecule has 2 aliphatic rings. The number of aliphatic hydroxyl groups is 2. The Labute approximate surface area is 168 Å². The first-order valence-corrected chi connectivity index (χ1v) is 9.59. The average Bonchev–Trinajstić information content (AvgIpc) is 2.84. The minimum Gasteiger partial charge on any atom is -0.508 e. The SMILES string of the molecule is OC1=C(O)C(Cl)=C2CCNCC(C(=S)NCCc3ccc(Cl)cc3)=C2C1. The summed E-state index contributed by atoms with van der Waals surface area (Å²) in [7, 11) is 0. The monoisotopic (exact) mass is 410 g/mol. The lowest BCUT2D eigenvalue weighted by Crippen LogP contribution is -2.30. The number of fused-ring (bicyclic) bond motifs is 1. The predicted molar refractivity (Wildman–Crippen MR) is 110 cm³/mol. The van der Waals surface area contributed by atoms with E-state index < -0.39 is 0 Å². The standard InChI is InChI=1S/C19H20Cl2N2O2S/c20-12-3-1-11(2-4-12)5-8-23-19(26)15-10-22-7-6-13-14(15)9-16(24)18(25)17(13)21/h1-4,22,24-25H,5-10H2,(H,23,26). The van der Waals surface area contributed by atoms with Crippen molar-refractivity contribution in [1.29, 1.82) is 0 Å². The van der Waals surface area contributed by atoms with Crippen LogP contribution in [0.3, 0.4) is 0 Å². The summed E-state index contributed by atoms with van der Waals surface area (Å²) in [6.45, 7) is 2.03. The van der Waals surface area contributed by atoms with E-state index in [1.165, 1.54) is 5.56 Å². The third-order valence-electron chi connectivity index (χ3n) is 4.56. The molecule has 7 heteroatoms. The number of thiocarbonyl (C=S) groups is 1. The molecule has 1 heterocycles. The molecule has 0 unspecified atom stereocenters. The van der Waals surface area contributed by atoms with Crippen LogP contribution in [-0.4, -0.2) is 34.8 Å². The third kappa shape index (κ3) is 4.23. The molecular weight excluding hydrogens is 391 g/mol. The minimum atomic E-state index is -0.228. The molecule has 4 nitrogen and oxygen atoms in total. The molecule has 1 aromatic rings. The fourth-order valence-electron chi connectivity index (χ4n) is 3.14. The zero-order valence-corrected chi connectivity index (χ0v) is 16.4. The number of rotatable bonds is 4. The molecule has 26 heavy (non-hydrogen) atoms. The molecule has 4 N–H and O–H groups in total. The quantitative estimate of drug-likeness (QED) is 0.556. The van der Waals surface area contributed by atoms with Crippen molar-refractivity contribution in [3.8, 4) is 0 Å². The Morgan fingerprint density at radius 1 is 1.15 bits per heavy atom. The number of halogens is 2. The number of benzene rings is 1. The van der Waals surface area contributed by atoms with E-state index in [1.807, 2.05) is 24.3 Å². The highest BCUT2D eigenvalue weighted by Gasteiger charge is 2.28. The average molecular weight is 411 g/mol. The highest BCUT2D eigenvalue weighted by molar-refractivity contribution is 7.80. The van der Waals surface area contributed by atoms with E-state index in [-0.39, 0.29) is 23.0 Å². The van der Waals surface area contributed by atoms with Gasteiger partial charge in [-0.05, 0) is 48.2 Å². The molecule has 0 radical (unpaired) electrons. The number of aliphatic hydroxyl groups excluding tert-OH is 2. The van der Waals surface area contributed by atoms with Crippen LogP contribution in [0.15, 0.2) is 57.5 Å². The van der Waals surface area contributed by atoms with Crippen molar-refractivity contribution in [3.63, 3.8) is 0 Å².